The van der Waals surface area contributed by atoms with Crippen LogP contribution >= 0.6 is 39.9 Å². The second-order valence-electron chi connectivity index (χ2n) is 6.93. The van der Waals surface area contributed by atoms with Gasteiger partial charge in [0.15, 0.2) is 5.96 Å². The maximum Gasteiger partial charge on any atom is 0.191 e. The van der Waals surface area contributed by atoms with E-state index in [0.717, 1.165) is 30.1 Å². The van der Waals surface area contributed by atoms with Crippen LogP contribution in [0.2, 0.25) is 0 Å². The molecule has 1 unspecified atom stereocenters. The first-order chi connectivity index (χ1) is 12.1. The van der Waals surface area contributed by atoms with Gasteiger partial charge in [0, 0.05) is 49.0 Å². The van der Waals surface area contributed by atoms with Gasteiger partial charge >= 0.3 is 0 Å². The lowest BCUT2D eigenvalue weighted by Gasteiger charge is -2.20. The van der Waals surface area contributed by atoms with E-state index in [9.17, 15) is 0 Å². The van der Waals surface area contributed by atoms with Gasteiger partial charge in [0.25, 0.3) is 0 Å². The zero-order chi connectivity index (χ0) is 17.7. The molecule has 0 radical (unpaired) electrons. The van der Waals surface area contributed by atoms with Crippen LogP contribution in [-0.2, 0) is 12.0 Å². The standard InChI is InChI=1S/C19H26BrN5.HI/c1-15(13-25-10-4-9-24-25)12-22-18(21-2)23-14-19(7-8-19)16-5-3-6-17(20)11-16;/h3-6,9-11,15H,7-8,12-14H2,1-2H3,(H2,21,22,23);1H. The molecule has 7 heteroatoms. The van der Waals surface area contributed by atoms with Crippen LogP contribution in [0.15, 0.2) is 52.2 Å². The first kappa shape index (κ1) is 21.2. The fourth-order valence-electron chi connectivity index (χ4n) is 3.07. The first-order valence-electron chi connectivity index (χ1n) is 8.79. The average molecular weight is 532 g/mol. The van der Waals surface area contributed by atoms with Gasteiger partial charge in [-0.3, -0.25) is 9.67 Å². The van der Waals surface area contributed by atoms with Crippen LogP contribution < -0.4 is 10.6 Å². The number of halogens is 2. The fraction of sp³-hybridized carbons (Fsp3) is 0.474. The van der Waals surface area contributed by atoms with E-state index in [1.165, 1.54) is 18.4 Å². The molecule has 1 heterocycles. The molecular weight excluding hydrogens is 505 g/mol. The van der Waals surface area contributed by atoms with Gasteiger partial charge in [-0.25, -0.2) is 0 Å². The highest BCUT2D eigenvalue weighted by Gasteiger charge is 2.44. The van der Waals surface area contributed by atoms with Gasteiger partial charge in [0.1, 0.15) is 0 Å². The van der Waals surface area contributed by atoms with Crippen molar-refractivity contribution in [2.75, 3.05) is 20.1 Å². The third-order valence-electron chi connectivity index (χ3n) is 4.78. The van der Waals surface area contributed by atoms with E-state index >= 15 is 0 Å². The predicted octanol–water partition coefficient (Wildman–Crippen LogP) is 3.80. The monoisotopic (exact) mass is 531 g/mol. The number of hydrogen-bond donors (Lipinski definition) is 2. The highest BCUT2D eigenvalue weighted by Crippen LogP contribution is 2.48. The molecule has 1 atom stereocenters. The Balaban J connectivity index is 0.00000243. The molecule has 0 aliphatic heterocycles. The molecule has 0 spiro atoms. The van der Waals surface area contributed by atoms with Gasteiger partial charge in [-0.15, -0.1) is 24.0 Å². The lowest BCUT2D eigenvalue weighted by atomic mass is 9.96. The van der Waals surface area contributed by atoms with Crippen molar-refractivity contribution in [3.05, 3.63) is 52.8 Å². The number of hydrogen-bond acceptors (Lipinski definition) is 2. The van der Waals surface area contributed by atoms with Gasteiger partial charge in [-0.2, -0.15) is 5.10 Å². The van der Waals surface area contributed by atoms with Crippen LogP contribution in [-0.4, -0.2) is 35.9 Å². The van der Waals surface area contributed by atoms with Crippen molar-refractivity contribution < 1.29 is 0 Å². The molecule has 5 nitrogen and oxygen atoms in total. The van der Waals surface area contributed by atoms with Gasteiger partial charge in [0.05, 0.1) is 0 Å². The summed E-state index contributed by atoms with van der Waals surface area (Å²) in [7, 11) is 1.83. The van der Waals surface area contributed by atoms with Crippen LogP contribution in [0.25, 0.3) is 0 Å². The van der Waals surface area contributed by atoms with Crippen LogP contribution in [0.1, 0.15) is 25.3 Å². The summed E-state index contributed by atoms with van der Waals surface area (Å²) in [5.74, 6) is 1.34. The minimum atomic E-state index is 0. The van der Waals surface area contributed by atoms with Crippen molar-refractivity contribution in [2.24, 2.45) is 10.9 Å². The maximum atomic E-state index is 4.36. The number of benzene rings is 1. The van der Waals surface area contributed by atoms with Gasteiger partial charge < -0.3 is 10.6 Å². The molecule has 0 bridgehead atoms. The Kier molecular flexibility index (Phi) is 7.94. The van der Waals surface area contributed by atoms with Crippen molar-refractivity contribution in [3.63, 3.8) is 0 Å². The molecule has 1 fully saturated rings. The van der Waals surface area contributed by atoms with Crippen molar-refractivity contribution in [1.82, 2.24) is 20.4 Å². The summed E-state index contributed by atoms with van der Waals surface area (Å²) >= 11 is 3.58. The van der Waals surface area contributed by atoms with Crippen LogP contribution in [0.5, 0.6) is 0 Å². The molecule has 0 amide bonds. The minimum absolute atomic E-state index is 0. The van der Waals surface area contributed by atoms with E-state index in [1.807, 2.05) is 30.2 Å². The largest absolute Gasteiger partial charge is 0.356 e. The van der Waals surface area contributed by atoms with Crippen molar-refractivity contribution in [3.8, 4) is 0 Å². The van der Waals surface area contributed by atoms with Crippen molar-refractivity contribution in [2.45, 2.75) is 31.7 Å². The topological polar surface area (TPSA) is 54.2 Å². The van der Waals surface area contributed by atoms with Gasteiger partial charge in [-0.1, -0.05) is 35.0 Å². The highest BCUT2D eigenvalue weighted by atomic mass is 127. The molecule has 1 aliphatic carbocycles. The molecule has 0 saturated heterocycles. The molecule has 26 heavy (non-hydrogen) atoms. The quantitative estimate of drug-likeness (QED) is 0.324. The van der Waals surface area contributed by atoms with E-state index in [1.54, 1.807) is 0 Å². The van der Waals surface area contributed by atoms with E-state index in [-0.39, 0.29) is 29.4 Å². The molecule has 1 saturated carbocycles. The normalized spacial score (nSPS) is 16.5. The Morgan fingerprint density at radius 1 is 1.35 bits per heavy atom. The summed E-state index contributed by atoms with van der Waals surface area (Å²) in [6.07, 6.45) is 6.27. The second kappa shape index (κ2) is 9.73. The first-order valence-corrected chi connectivity index (χ1v) is 9.59. The van der Waals surface area contributed by atoms with Gasteiger partial charge in [0.2, 0.25) is 0 Å². The molecule has 2 aromatic rings. The number of aromatic nitrogens is 2. The highest BCUT2D eigenvalue weighted by molar-refractivity contribution is 14.0. The summed E-state index contributed by atoms with van der Waals surface area (Å²) in [6, 6.07) is 10.6. The fourth-order valence-corrected chi connectivity index (χ4v) is 3.47. The summed E-state index contributed by atoms with van der Waals surface area (Å²) in [5, 5.41) is 11.2. The summed E-state index contributed by atoms with van der Waals surface area (Å²) in [4.78, 5) is 4.36. The number of nitrogens with zero attached hydrogens (tertiary/aromatic N) is 3. The van der Waals surface area contributed by atoms with E-state index in [2.05, 4.69) is 67.8 Å². The van der Waals surface area contributed by atoms with E-state index in [4.69, 9.17) is 0 Å². The predicted molar refractivity (Wildman–Crippen MR) is 121 cm³/mol. The van der Waals surface area contributed by atoms with Crippen LogP contribution in [0.3, 0.4) is 0 Å². The third-order valence-corrected chi connectivity index (χ3v) is 5.28. The van der Waals surface area contributed by atoms with Crippen molar-refractivity contribution in [1.29, 1.82) is 0 Å². The van der Waals surface area contributed by atoms with E-state index in [0.29, 0.717) is 5.92 Å². The molecular formula is C19H27BrIN5. The van der Waals surface area contributed by atoms with Gasteiger partial charge in [-0.05, 0) is 42.5 Å². The molecule has 2 N–H and O–H groups in total. The number of guanidine groups is 1. The smallest absolute Gasteiger partial charge is 0.191 e. The van der Waals surface area contributed by atoms with Crippen LogP contribution in [0, 0.1) is 5.92 Å². The Morgan fingerprint density at radius 3 is 2.77 bits per heavy atom. The average Bonchev–Trinajstić information content (AvgIpc) is 3.23. The summed E-state index contributed by atoms with van der Waals surface area (Å²) in [6.45, 7) is 4.89. The molecule has 1 aromatic heterocycles. The lowest BCUT2D eigenvalue weighted by Crippen LogP contribution is -2.43. The number of aliphatic imine (C=N–C) groups is 1. The molecule has 142 valence electrons. The zero-order valence-corrected chi connectivity index (χ0v) is 19.2. The Hall–Kier alpha value is -1.09. The second-order valence-corrected chi connectivity index (χ2v) is 7.85. The molecule has 1 aliphatic rings. The minimum Gasteiger partial charge on any atom is -0.356 e. The molecule has 3 rings (SSSR count). The lowest BCUT2D eigenvalue weighted by molar-refractivity contribution is 0.443. The third kappa shape index (κ3) is 5.70. The Labute approximate surface area is 181 Å². The zero-order valence-electron chi connectivity index (χ0n) is 15.3. The van der Waals surface area contributed by atoms with Crippen LogP contribution in [0.4, 0.5) is 0 Å². The molecule has 1 aromatic carbocycles. The maximum absolute atomic E-state index is 4.36. The summed E-state index contributed by atoms with van der Waals surface area (Å²) in [5.41, 5.74) is 1.65. The van der Waals surface area contributed by atoms with E-state index < -0.39 is 0 Å². The van der Waals surface area contributed by atoms with Crippen molar-refractivity contribution >= 4 is 45.9 Å². The Bertz CT molecular complexity index is 712. The number of nitrogens with one attached hydrogen (secondary N) is 2. The number of rotatable bonds is 7. The summed E-state index contributed by atoms with van der Waals surface area (Å²) < 4.78 is 3.11. The Morgan fingerprint density at radius 2 is 2.15 bits per heavy atom. The SMILES string of the molecule is CN=C(NCC(C)Cn1cccn1)NCC1(c2cccc(Br)c2)CC1.I.